The molecular weight excluding hydrogens is 468 g/mol. The Bertz CT molecular complexity index is 1490. The van der Waals surface area contributed by atoms with E-state index in [0.717, 1.165) is 41.1 Å². The summed E-state index contributed by atoms with van der Waals surface area (Å²) in [7, 11) is 0. The number of fused-ring (bicyclic) bond motifs is 2. The van der Waals surface area contributed by atoms with E-state index in [2.05, 4.69) is 29.6 Å². The van der Waals surface area contributed by atoms with Gasteiger partial charge in [0.2, 0.25) is 0 Å². The van der Waals surface area contributed by atoms with Gasteiger partial charge in [-0.1, -0.05) is 61.5 Å². The predicted molar refractivity (Wildman–Crippen MR) is 142 cm³/mol. The molecule has 1 aromatic heterocycles. The number of carbonyl (C=O) groups excluding carboxylic acids is 1. The third-order valence-electron chi connectivity index (χ3n) is 6.45. The lowest BCUT2D eigenvalue weighted by atomic mass is 10.1. The van der Waals surface area contributed by atoms with E-state index in [4.69, 9.17) is 14.9 Å². The van der Waals surface area contributed by atoms with Crippen LogP contribution in [0.3, 0.4) is 0 Å². The Hall–Kier alpha value is -4.46. The van der Waals surface area contributed by atoms with Crippen LogP contribution in [-0.2, 0) is 29.3 Å². The number of aryl methyl sites for hydroxylation is 1. The van der Waals surface area contributed by atoms with Gasteiger partial charge >= 0.3 is 5.97 Å². The van der Waals surface area contributed by atoms with Crippen LogP contribution in [0.5, 0.6) is 0 Å². The number of para-hydroxylation sites is 3. The van der Waals surface area contributed by atoms with E-state index >= 15 is 0 Å². The molecule has 8 nitrogen and oxygen atoms in total. The molecule has 1 aliphatic rings. The van der Waals surface area contributed by atoms with Crippen LogP contribution in [-0.4, -0.2) is 32.2 Å². The van der Waals surface area contributed by atoms with Gasteiger partial charge in [0.1, 0.15) is 12.4 Å². The van der Waals surface area contributed by atoms with Gasteiger partial charge in [-0.2, -0.15) is 0 Å². The molecule has 2 heterocycles. The number of imidazole rings is 1. The van der Waals surface area contributed by atoms with Crippen LogP contribution in [0.2, 0.25) is 0 Å². The second-order valence-corrected chi connectivity index (χ2v) is 9.47. The summed E-state index contributed by atoms with van der Waals surface area (Å²) in [5.41, 5.74) is 4.63. The lowest BCUT2D eigenvalue weighted by molar-refractivity contribution is -0.112. The van der Waals surface area contributed by atoms with E-state index < -0.39 is 5.97 Å². The molecular formula is C29H28N4O4. The molecule has 5 rings (SSSR count). The van der Waals surface area contributed by atoms with E-state index in [9.17, 15) is 9.59 Å². The number of carboxylic acid groups (broad SMARTS) is 1. The summed E-state index contributed by atoms with van der Waals surface area (Å²) < 4.78 is 2.21. The quantitative estimate of drug-likeness (QED) is 0.319. The normalized spacial score (nSPS) is 14.1. The number of oxime groups is 1. The number of hydrogen-bond donors (Lipinski definition) is 1. The molecule has 0 bridgehead atoms. The van der Waals surface area contributed by atoms with Crippen molar-refractivity contribution in [3.63, 3.8) is 0 Å². The van der Waals surface area contributed by atoms with Crippen molar-refractivity contribution in [1.29, 1.82) is 0 Å². The Morgan fingerprint density at radius 2 is 1.76 bits per heavy atom. The van der Waals surface area contributed by atoms with E-state index in [0.29, 0.717) is 18.0 Å². The highest BCUT2D eigenvalue weighted by Crippen LogP contribution is 2.31. The highest BCUT2D eigenvalue weighted by atomic mass is 16.6. The Kier molecular flexibility index (Phi) is 6.72. The molecule has 0 unspecified atom stereocenters. The maximum atomic E-state index is 13.5. The van der Waals surface area contributed by atoms with Gasteiger partial charge < -0.3 is 14.5 Å². The number of aromatic nitrogens is 2. The number of anilines is 1. The molecule has 0 saturated carbocycles. The monoisotopic (exact) mass is 496 g/mol. The van der Waals surface area contributed by atoms with Crippen molar-refractivity contribution < 1.29 is 19.5 Å². The molecule has 1 aliphatic heterocycles. The third-order valence-corrected chi connectivity index (χ3v) is 6.45. The minimum absolute atomic E-state index is 0.115. The lowest BCUT2D eigenvalue weighted by Gasteiger charge is -2.18. The zero-order valence-electron chi connectivity index (χ0n) is 20.8. The predicted octanol–water partition coefficient (Wildman–Crippen LogP) is 5.25. The fourth-order valence-electron chi connectivity index (χ4n) is 4.45. The molecule has 4 aromatic rings. The maximum Gasteiger partial charge on any atom is 0.335 e. The number of carbonyl (C=O) groups is 2. The van der Waals surface area contributed by atoms with E-state index in [1.807, 2.05) is 42.5 Å². The van der Waals surface area contributed by atoms with Crippen LogP contribution in [0.4, 0.5) is 5.69 Å². The van der Waals surface area contributed by atoms with Gasteiger partial charge in [0.05, 0.1) is 28.8 Å². The van der Waals surface area contributed by atoms with Crippen molar-refractivity contribution in [1.82, 2.24) is 9.55 Å². The van der Waals surface area contributed by atoms with Crippen molar-refractivity contribution in [3.8, 4) is 0 Å². The van der Waals surface area contributed by atoms with Gasteiger partial charge in [0.15, 0.2) is 5.71 Å². The first-order chi connectivity index (χ1) is 17.9. The van der Waals surface area contributed by atoms with Gasteiger partial charge in [-0.3, -0.25) is 9.69 Å². The van der Waals surface area contributed by atoms with E-state index in [1.54, 1.807) is 17.0 Å². The molecule has 0 atom stereocenters. The van der Waals surface area contributed by atoms with Gasteiger partial charge in [0, 0.05) is 12.1 Å². The van der Waals surface area contributed by atoms with E-state index in [-0.39, 0.29) is 23.8 Å². The first kappa shape index (κ1) is 24.2. The number of nitrogens with zero attached hydrogens (tertiary/aromatic N) is 4. The highest BCUT2D eigenvalue weighted by Gasteiger charge is 2.35. The molecule has 8 heteroatoms. The van der Waals surface area contributed by atoms with Crippen LogP contribution >= 0.6 is 0 Å². The SMILES string of the molecule is CC(C)CCn1c(CN2C(=O)/C(=N/OCc3ccc(C(=O)O)cc3)c3ccccc32)nc2ccccc21. The van der Waals surface area contributed by atoms with Crippen molar-refractivity contribution in [2.24, 2.45) is 11.1 Å². The summed E-state index contributed by atoms with van der Waals surface area (Å²) in [6, 6.07) is 21.9. The molecule has 0 spiro atoms. The maximum absolute atomic E-state index is 13.5. The molecule has 37 heavy (non-hydrogen) atoms. The third kappa shape index (κ3) is 4.95. The molecule has 0 fully saturated rings. The van der Waals surface area contributed by atoms with Crippen LogP contribution in [0.15, 0.2) is 78.0 Å². The molecule has 1 amide bonds. The van der Waals surface area contributed by atoms with Crippen LogP contribution in [0.25, 0.3) is 11.0 Å². The molecule has 1 N–H and O–H groups in total. The zero-order valence-corrected chi connectivity index (χ0v) is 20.8. The Labute approximate surface area is 214 Å². The fraction of sp³-hybridized carbons (Fsp3) is 0.241. The van der Waals surface area contributed by atoms with Crippen molar-refractivity contribution in [2.45, 2.75) is 40.0 Å². The topological polar surface area (TPSA) is 97.0 Å². The smallest absolute Gasteiger partial charge is 0.335 e. The number of aromatic carboxylic acids is 1. The first-order valence-corrected chi connectivity index (χ1v) is 12.3. The number of rotatable bonds is 9. The molecule has 0 saturated heterocycles. The van der Waals surface area contributed by atoms with Crippen LogP contribution in [0, 0.1) is 5.92 Å². The summed E-state index contributed by atoms with van der Waals surface area (Å²) >= 11 is 0. The van der Waals surface area contributed by atoms with Crippen molar-refractivity contribution in [3.05, 3.63) is 95.3 Å². The van der Waals surface area contributed by atoms with Crippen molar-refractivity contribution in [2.75, 3.05) is 4.90 Å². The lowest BCUT2D eigenvalue weighted by Crippen LogP contribution is -2.31. The molecule has 188 valence electrons. The first-order valence-electron chi connectivity index (χ1n) is 12.3. The fourth-order valence-corrected chi connectivity index (χ4v) is 4.45. The average molecular weight is 497 g/mol. The average Bonchev–Trinajstić information content (AvgIpc) is 3.38. The number of amides is 1. The second kappa shape index (κ2) is 10.3. The Morgan fingerprint density at radius 3 is 2.51 bits per heavy atom. The van der Waals surface area contributed by atoms with Crippen LogP contribution in [0.1, 0.15) is 47.6 Å². The summed E-state index contributed by atoms with van der Waals surface area (Å²) in [5.74, 6) is 0.133. The Morgan fingerprint density at radius 1 is 1.03 bits per heavy atom. The standard InChI is InChI=1S/C29H28N4O4/c1-19(2)15-16-32-25-10-6-4-8-23(25)30-26(32)17-33-24-9-5-3-7-22(24)27(28(33)34)31-37-18-20-11-13-21(14-12-20)29(35)36/h3-14,19H,15-18H2,1-2H3,(H,35,36)/b31-27+. The second-order valence-electron chi connectivity index (χ2n) is 9.47. The minimum atomic E-state index is -0.987. The Balaban J connectivity index is 1.40. The minimum Gasteiger partial charge on any atom is -0.478 e. The number of benzene rings is 3. The molecule has 0 radical (unpaired) electrons. The van der Waals surface area contributed by atoms with Gasteiger partial charge in [-0.15, -0.1) is 0 Å². The van der Waals surface area contributed by atoms with Crippen LogP contribution < -0.4 is 4.90 Å². The van der Waals surface area contributed by atoms with Gasteiger partial charge in [0.25, 0.3) is 5.91 Å². The molecule has 3 aromatic carbocycles. The largest absolute Gasteiger partial charge is 0.478 e. The zero-order chi connectivity index (χ0) is 25.9. The van der Waals surface area contributed by atoms with Gasteiger partial charge in [-0.05, 0) is 48.2 Å². The van der Waals surface area contributed by atoms with E-state index in [1.165, 1.54) is 12.1 Å². The summed E-state index contributed by atoms with van der Waals surface area (Å²) in [4.78, 5) is 36.7. The summed E-state index contributed by atoms with van der Waals surface area (Å²) in [6.45, 7) is 5.65. The highest BCUT2D eigenvalue weighted by molar-refractivity contribution is 6.54. The van der Waals surface area contributed by atoms with Gasteiger partial charge in [-0.25, -0.2) is 9.78 Å². The number of carboxylic acids is 1. The van der Waals surface area contributed by atoms with Crippen molar-refractivity contribution >= 4 is 34.3 Å². The number of hydrogen-bond acceptors (Lipinski definition) is 5. The molecule has 0 aliphatic carbocycles. The summed E-state index contributed by atoms with van der Waals surface area (Å²) in [6.07, 6.45) is 1.01. The summed E-state index contributed by atoms with van der Waals surface area (Å²) in [5, 5.41) is 13.3.